The van der Waals surface area contributed by atoms with Crippen molar-refractivity contribution in [1.82, 2.24) is 19.7 Å². The van der Waals surface area contributed by atoms with Gasteiger partial charge in [0.1, 0.15) is 22.8 Å². The van der Waals surface area contributed by atoms with Crippen LogP contribution in [-0.4, -0.2) is 34.0 Å². The van der Waals surface area contributed by atoms with Gasteiger partial charge in [-0.1, -0.05) is 12.1 Å². The molecule has 9 heteroatoms. The number of aryl methyl sites for hydroxylation is 3. The highest BCUT2D eigenvalue weighted by atomic mass is 16.5. The SMILES string of the molecule is COCc1ccc(Nc2cc(Nc3ccc(C)c(C)n3)nc3[nH]n(C)c(=O)c23)c(OC)c1. The average Bonchev–Trinajstić information content (AvgIpc) is 3.05. The van der Waals surface area contributed by atoms with Crippen LogP contribution in [0.1, 0.15) is 16.8 Å². The molecule has 9 nitrogen and oxygen atoms in total. The fourth-order valence-electron chi connectivity index (χ4n) is 3.45. The number of ether oxygens (including phenoxy) is 2. The van der Waals surface area contributed by atoms with Gasteiger partial charge in [0.2, 0.25) is 0 Å². The molecule has 4 aromatic rings. The van der Waals surface area contributed by atoms with Crippen LogP contribution in [0, 0.1) is 13.8 Å². The lowest BCUT2D eigenvalue weighted by atomic mass is 10.2. The second-order valence-corrected chi connectivity index (χ2v) is 7.57. The first-order valence-corrected chi connectivity index (χ1v) is 10.1. The van der Waals surface area contributed by atoms with Crippen molar-refractivity contribution in [2.75, 3.05) is 24.9 Å². The molecule has 32 heavy (non-hydrogen) atoms. The molecule has 0 unspecified atom stereocenters. The zero-order valence-corrected chi connectivity index (χ0v) is 18.7. The second kappa shape index (κ2) is 8.72. The Kier molecular flexibility index (Phi) is 5.83. The van der Waals surface area contributed by atoms with Gasteiger partial charge in [0.15, 0.2) is 5.65 Å². The molecule has 0 amide bonds. The van der Waals surface area contributed by atoms with Gasteiger partial charge in [-0.15, -0.1) is 0 Å². The fourth-order valence-corrected chi connectivity index (χ4v) is 3.45. The van der Waals surface area contributed by atoms with Crippen LogP contribution in [-0.2, 0) is 18.4 Å². The number of nitrogens with zero attached hydrogens (tertiary/aromatic N) is 3. The maximum atomic E-state index is 12.8. The van der Waals surface area contributed by atoms with E-state index < -0.39 is 0 Å². The Morgan fingerprint density at radius 1 is 1.00 bits per heavy atom. The van der Waals surface area contributed by atoms with Gasteiger partial charge in [-0.25, -0.2) is 9.97 Å². The Bertz CT molecular complexity index is 1340. The van der Waals surface area contributed by atoms with Crippen LogP contribution in [0.4, 0.5) is 23.0 Å². The van der Waals surface area contributed by atoms with E-state index in [1.807, 2.05) is 44.2 Å². The molecule has 0 saturated carbocycles. The zero-order valence-electron chi connectivity index (χ0n) is 18.7. The molecular weight excluding hydrogens is 408 g/mol. The average molecular weight is 435 g/mol. The number of anilines is 4. The summed E-state index contributed by atoms with van der Waals surface area (Å²) >= 11 is 0. The van der Waals surface area contributed by atoms with E-state index in [1.165, 1.54) is 4.68 Å². The van der Waals surface area contributed by atoms with Gasteiger partial charge in [-0.05, 0) is 43.2 Å². The van der Waals surface area contributed by atoms with E-state index in [1.54, 1.807) is 27.3 Å². The Morgan fingerprint density at radius 3 is 2.53 bits per heavy atom. The number of hydrogen-bond donors (Lipinski definition) is 3. The van der Waals surface area contributed by atoms with Crippen LogP contribution in [0.2, 0.25) is 0 Å². The topological polar surface area (TPSA) is 106 Å². The minimum Gasteiger partial charge on any atom is -0.495 e. The highest BCUT2D eigenvalue weighted by molar-refractivity contribution is 5.93. The number of rotatable bonds is 7. The smallest absolute Gasteiger partial charge is 0.277 e. The zero-order chi connectivity index (χ0) is 22.8. The van der Waals surface area contributed by atoms with Crippen LogP contribution >= 0.6 is 0 Å². The van der Waals surface area contributed by atoms with Gasteiger partial charge < -0.3 is 20.1 Å². The number of benzene rings is 1. The molecule has 3 aromatic heterocycles. The minimum atomic E-state index is -0.180. The molecule has 0 radical (unpaired) electrons. The van der Waals surface area contributed by atoms with Crippen molar-refractivity contribution in [3.8, 4) is 5.75 Å². The molecule has 0 spiro atoms. The van der Waals surface area contributed by atoms with Gasteiger partial charge in [0.05, 0.1) is 25.1 Å². The monoisotopic (exact) mass is 434 g/mol. The fraction of sp³-hybridized carbons (Fsp3) is 0.261. The van der Waals surface area contributed by atoms with Crippen LogP contribution in [0.15, 0.2) is 41.2 Å². The molecule has 0 atom stereocenters. The van der Waals surface area contributed by atoms with E-state index in [0.717, 1.165) is 22.5 Å². The third-order valence-corrected chi connectivity index (χ3v) is 5.26. The predicted octanol–water partition coefficient (Wildman–Crippen LogP) is 3.92. The lowest BCUT2D eigenvalue weighted by Crippen LogP contribution is -2.12. The number of methoxy groups -OCH3 is 2. The van der Waals surface area contributed by atoms with Gasteiger partial charge in [-0.3, -0.25) is 14.6 Å². The summed E-state index contributed by atoms with van der Waals surface area (Å²) in [5.41, 5.74) is 4.63. The Hall–Kier alpha value is -3.85. The molecule has 166 valence electrons. The highest BCUT2D eigenvalue weighted by Crippen LogP contribution is 2.32. The number of pyridine rings is 2. The van der Waals surface area contributed by atoms with Crippen LogP contribution in [0.3, 0.4) is 0 Å². The Morgan fingerprint density at radius 2 is 1.81 bits per heavy atom. The van der Waals surface area contributed by atoms with Crippen molar-refractivity contribution in [2.24, 2.45) is 7.05 Å². The summed E-state index contributed by atoms with van der Waals surface area (Å²) in [6.45, 7) is 4.45. The summed E-state index contributed by atoms with van der Waals surface area (Å²) in [4.78, 5) is 21.9. The van der Waals surface area contributed by atoms with Crippen LogP contribution in [0.5, 0.6) is 5.75 Å². The molecule has 1 aromatic carbocycles. The number of fused-ring (bicyclic) bond motifs is 1. The van der Waals surface area contributed by atoms with Crippen molar-refractivity contribution in [3.05, 3.63) is 63.6 Å². The summed E-state index contributed by atoms with van der Waals surface area (Å²) in [5, 5.41) is 10.0. The molecule has 0 fully saturated rings. The standard InChI is InChI=1S/C23H26N6O3/c1-13-6-9-19(24-14(13)2)26-20-11-17(21-22(27-20)28-29(3)23(21)30)25-16-8-7-15(12-31-4)10-18(16)32-5/h6-11H,12H2,1-5H3,(H3,24,25,26,27,28). The van der Waals surface area contributed by atoms with Gasteiger partial charge in [0, 0.05) is 25.9 Å². The molecule has 0 bridgehead atoms. The molecule has 0 saturated heterocycles. The van der Waals surface area contributed by atoms with Gasteiger partial charge in [-0.2, -0.15) is 0 Å². The molecule has 0 aliphatic heterocycles. The molecule has 3 heterocycles. The van der Waals surface area contributed by atoms with Crippen molar-refractivity contribution in [2.45, 2.75) is 20.5 Å². The molecule has 0 aliphatic rings. The number of nitrogens with one attached hydrogen (secondary N) is 3. The van der Waals surface area contributed by atoms with E-state index >= 15 is 0 Å². The highest BCUT2D eigenvalue weighted by Gasteiger charge is 2.16. The first-order valence-electron chi connectivity index (χ1n) is 10.1. The van der Waals surface area contributed by atoms with Crippen LogP contribution in [0.25, 0.3) is 11.0 Å². The van der Waals surface area contributed by atoms with E-state index in [2.05, 4.69) is 25.7 Å². The normalized spacial score (nSPS) is 11.0. The summed E-state index contributed by atoms with van der Waals surface area (Å²) in [6.07, 6.45) is 0. The minimum absolute atomic E-state index is 0.180. The molecule has 3 N–H and O–H groups in total. The van der Waals surface area contributed by atoms with Crippen molar-refractivity contribution in [3.63, 3.8) is 0 Å². The van der Waals surface area contributed by atoms with Gasteiger partial charge in [0.25, 0.3) is 5.56 Å². The number of H-pyrrole nitrogens is 1. The molecular formula is C23H26N6O3. The quantitative estimate of drug-likeness (QED) is 0.405. The summed E-state index contributed by atoms with van der Waals surface area (Å²) in [6, 6.07) is 11.4. The van der Waals surface area contributed by atoms with Crippen molar-refractivity contribution in [1.29, 1.82) is 0 Å². The number of aromatic nitrogens is 4. The third kappa shape index (κ3) is 4.15. The van der Waals surface area contributed by atoms with E-state index in [0.29, 0.717) is 40.7 Å². The number of aromatic amines is 1. The number of hydrogen-bond acceptors (Lipinski definition) is 7. The third-order valence-electron chi connectivity index (χ3n) is 5.26. The maximum Gasteiger partial charge on any atom is 0.277 e. The summed E-state index contributed by atoms with van der Waals surface area (Å²) < 4.78 is 12.2. The van der Waals surface area contributed by atoms with E-state index in [-0.39, 0.29) is 5.56 Å². The predicted molar refractivity (Wildman–Crippen MR) is 125 cm³/mol. The van der Waals surface area contributed by atoms with Gasteiger partial charge >= 0.3 is 0 Å². The molecule has 0 aliphatic carbocycles. The first kappa shape index (κ1) is 21.4. The van der Waals surface area contributed by atoms with Crippen LogP contribution < -0.4 is 20.9 Å². The van der Waals surface area contributed by atoms with E-state index in [4.69, 9.17) is 9.47 Å². The summed E-state index contributed by atoms with van der Waals surface area (Å²) in [5.74, 6) is 1.86. The van der Waals surface area contributed by atoms with Crippen molar-refractivity contribution < 1.29 is 9.47 Å². The Balaban J connectivity index is 1.77. The molecule has 4 rings (SSSR count). The van der Waals surface area contributed by atoms with E-state index in [9.17, 15) is 4.79 Å². The lowest BCUT2D eigenvalue weighted by Gasteiger charge is -2.14. The second-order valence-electron chi connectivity index (χ2n) is 7.57. The first-order chi connectivity index (χ1) is 15.4. The maximum absolute atomic E-state index is 12.8. The lowest BCUT2D eigenvalue weighted by molar-refractivity contribution is 0.184. The summed E-state index contributed by atoms with van der Waals surface area (Å²) in [7, 11) is 4.91. The Labute approximate surface area is 185 Å². The van der Waals surface area contributed by atoms with Crippen molar-refractivity contribution >= 4 is 34.0 Å². The largest absolute Gasteiger partial charge is 0.495 e.